The van der Waals surface area contributed by atoms with Crippen molar-refractivity contribution in [2.24, 2.45) is 10.8 Å². The highest BCUT2D eigenvalue weighted by Crippen LogP contribution is 2.35. The summed E-state index contributed by atoms with van der Waals surface area (Å²) < 4.78 is 0. The Balaban J connectivity index is 0.998. The van der Waals surface area contributed by atoms with Crippen LogP contribution in [0.4, 0.5) is 5.69 Å². The van der Waals surface area contributed by atoms with Crippen molar-refractivity contribution < 1.29 is 38.4 Å². The first-order chi connectivity index (χ1) is 39.4. The van der Waals surface area contributed by atoms with E-state index in [-0.39, 0.29) is 80.0 Å². The molecule has 18 nitrogen and oxygen atoms in total. The van der Waals surface area contributed by atoms with Crippen molar-refractivity contribution in [3.63, 3.8) is 0 Å². The second-order valence-electron chi connectivity index (χ2n) is 25.3. The zero-order valence-electron chi connectivity index (χ0n) is 50.2. The molecule has 0 saturated carbocycles. The van der Waals surface area contributed by atoms with Crippen LogP contribution in [0.2, 0.25) is 0 Å². The van der Waals surface area contributed by atoms with E-state index in [1.807, 2.05) is 96.1 Å². The highest BCUT2D eigenvalue weighted by atomic mass is 16.2. The molecule has 0 aromatic heterocycles. The van der Waals surface area contributed by atoms with Gasteiger partial charge in [0.05, 0.1) is 30.7 Å². The zero-order chi connectivity index (χ0) is 60.1. The van der Waals surface area contributed by atoms with Crippen LogP contribution in [0.15, 0.2) is 91.0 Å². The molecule has 1 fully saturated rings. The maximum Gasteiger partial charge on any atom is 0.251 e. The minimum atomic E-state index is -0.969. The van der Waals surface area contributed by atoms with Crippen LogP contribution >= 0.6 is 0 Å². The van der Waals surface area contributed by atoms with Gasteiger partial charge in [0.25, 0.3) is 5.91 Å². The van der Waals surface area contributed by atoms with Gasteiger partial charge in [-0.2, -0.15) is 0 Å². The largest absolute Gasteiger partial charge is 0.347 e. The number of nitrogens with zero attached hydrogens (tertiary/aromatic N) is 3. The van der Waals surface area contributed by atoms with Crippen molar-refractivity contribution in [1.29, 1.82) is 0 Å². The van der Waals surface area contributed by atoms with E-state index in [0.717, 1.165) is 66.3 Å². The lowest BCUT2D eigenvalue weighted by Gasteiger charge is -2.42. The highest BCUT2D eigenvalue weighted by Gasteiger charge is 2.47. The van der Waals surface area contributed by atoms with Gasteiger partial charge in [0.1, 0.15) is 24.2 Å². The molecule has 2 aliphatic heterocycles. The lowest BCUT2D eigenvalue weighted by Crippen LogP contribution is -2.62. The van der Waals surface area contributed by atoms with Gasteiger partial charge in [0, 0.05) is 43.7 Å². The van der Waals surface area contributed by atoms with Crippen LogP contribution in [-0.2, 0) is 65.9 Å². The predicted octanol–water partition coefficient (Wildman–Crippen LogP) is 5.86. The standard InChI is InChI=1S/C65H86N10O8/c1-38(66-10)57(77)71-55(64(4,5)6)62(82)74-36-46-32-48(31-30-45(46)33-53(74)60(80)69-51-24-16-20-42-18-12-14-22-49(42)51)73(40(3)76)35-41-26-28-44(29-27-41)59(79)68-47-34-54(61(81)70-52-25-17-21-43-19-13-15-23-50(43)52)75(37-47)63(83)56(65(7,8)9)72-58(78)39(2)67-11/h12-15,18-19,22-23,26-32,38-39,47,51-56,66-67H,16-17,20-21,24-25,33-37H2,1-11H3,(H,68,79)(H,69,80)(H,70,81)(H,71,77)(H,72,78)/t38-,39-,47?,51?,52?,53-,54-,55+,56+/m0/s1. The number of nitrogens with one attached hydrogen (secondary N) is 7. The fourth-order valence-corrected chi connectivity index (χ4v) is 12.0. The normalized spacial score (nSPS) is 20.9. The Morgan fingerprint density at radius 3 is 1.61 bits per heavy atom. The van der Waals surface area contributed by atoms with E-state index in [0.29, 0.717) is 11.3 Å². The average molecular weight is 1140 g/mol. The molecule has 2 aliphatic carbocycles. The predicted molar refractivity (Wildman–Crippen MR) is 320 cm³/mol. The Labute approximate surface area is 489 Å². The number of amides is 8. The van der Waals surface area contributed by atoms with Gasteiger partial charge in [-0.05, 0) is 147 Å². The van der Waals surface area contributed by atoms with Crippen LogP contribution in [0.3, 0.4) is 0 Å². The molecule has 1 saturated heterocycles. The summed E-state index contributed by atoms with van der Waals surface area (Å²) in [6.07, 6.45) is 5.54. The smallest absolute Gasteiger partial charge is 0.251 e. The molecule has 3 unspecified atom stereocenters. The van der Waals surface area contributed by atoms with E-state index >= 15 is 4.79 Å². The van der Waals surface area contributed by atoms with E-state index < -0.39 is 64.9 Å². The molecule has 444 valence electrons. The Morgan fingerprint density at radius 1 is 0.602 bits per heavy atom. The molecule has 9 atom stereocenters. The lowest BCUT2D eigenvalue weighted by molar-refractivity contribution is -0.147. The molecule has 7 N–H and O–H groups in total. The maximum absolute atomic E-state index is 15.0. The van der Waals surface area contributed by atoms with Gasteiger partial charge >= 0.3 is 0 Å². The van der Waals surface area contributed by atoms with Crippen LogP contribution < -0.4 is 42.1 Å². The first-order valence-electron chi connectivity index (χ1n) is 29.5. The van der Waals surface area contributed by atoms with Crippen molar-refractivity contribution in [1.82, 2.24) is 47.0 Å². The van der Waals surface area contributed by atoms with Gasteiger partial charge in [-0.15, -0.1) is 0 Å². The number of anilines is 1. The maximum atomic E-state index is 15.0. The Bertz CT molecular complexity index is 3080. The van der Waals surface area contributed by atoms with E-state index in [2.05, 4.69) is 49.4 Å². The molecule has 4 aromatic rings. The Hall–Kier alpha value is -7.44. The molecule has 83 heavy (non-hydrogen) atoms. The van der Waals surface area contributed by atoms with Crippen molar-refractivity contribution in [3.05, 3.63) is 136 Å². The van der Waals surface area contributed by atoms with Gasteiger partial charge < -0.3 is 51.9 Å². The number of benzene rings is 4. The Morgan fingerprint density at radius 2 is 1.11 bits per heavy atom. The molecule has 18 heteroatoms. The molecule has 2 heterocycles. The summed E-state index contributed by atoms with van der Waals surface area (Å²) in [6, 6.07) is 22.8. The number of hydrogen-bond acceptors (Lipinski definition) is 10. The van der Waals surface area contributed by atoms with E-state index in [1.54, 1.807) is 62.0 Å². The monoisotopic (exact) mass is 1130 g/mol. The van der Waals surface area contributed by atoms with Crippen LogP contribution in [0.25, 0.3) is 0 Å². The fraction of sp³-hybridized carbons (Fsp3) is 0.508. The molecule has 0 bridgehead atoms. The summed E-state index contributed by atoms with van der Waals surface area (Å²) in [5.74, 6) is -2.75. The molecule has 4 aliphatic rings. The van der Waals surface area contributed by atoms with Gasteiger partial charge in [-0.25, -0.2) is 0 Å². The molecule has 4 aromatic carbocycles. The van der Waals surface area contributed by atoms with E-state index in [9.17, 15) is 33.6 Å². The summed E-state index contributed by atoms with van der Waals surface area (Å²) in [7, 11) is 3.34. The van der Waals surface area contributed by atoms with Crippen molar-refractivity contribution in [2.45, 2.75) is 181 Å². The number of fused-ring (bicyclic) bond motifs is 3. The SMILES string of the molecule is CN[C@@H](C)C(=O)N[C@H](C(=O)N1Cc2cc(N(Cc3ccc(C(=O)NC4C[C@@H](C(=O)NC5CCCc6ccccc65)N(C(=O)[C@@H](NC(=O)[C@H](C)NC)C(C)(C)C)C4)cc3)C(C)=O)ccc2C[C@H]1C(=O)NC1CCCc2ccccc21)C(C)(C)C. The minimum Gasteiger partial charge on any atom is -0.347 e. The topological polar surface area (TPSA) is 230 Å². The molecule has 8 amide bonds. The summed E-state index contributed by atoms with van der Waals surface area (Å²) in [6.45, 7) is 16.4. The van der Waals surface area contributed by atoms with Crippen LogP contribution in [0.5, 0.6) is 0 Å². The number of carbonyl (C=O) groups excluding carboxylic acids is 8. The first-order valence-corrected chi connectivity index (χ1v) is 29.5. The summed E-state index contributed by atoms with van der Waals surface area (Å²) >= 11 is 0. The molecular formula is C65H86N10O8. The Kier molecular flexibility index (Phi) is 19.3. The van der Waals surface area contributed by atoms with E-state index in [4.69, 9.17) is 0 Å². The fourth-order valence-electron chi connectivity index (χ4n) is 12.0. The van der Waals surface area contributed by atoms with Crippen molar-refractivity contribution in [3.8, 4) is 0 Å². The van der Waals surface area contributed by atoms with Gasteiger partial charge in [-0.1, -0.05) is 108 Å². The second kappa shape index (κ2) is 26.0. The second-order valence-corrected chi connectivity index (χ2v) is 25.3. The van der Waals surface area contributed by atoms with Gasteiger partial charge in [0.15, 0.2) is 0 Å². The third-order valence-corrected chi connectivity index (χ3v) is 17.2. The number of likely N-dealkylation sites (N-methyl/N-ethyl adjacent to an activating group) is 2. The van der Waals surface area contributed by atoms with Crippen LogP contribution in [-0.4, -0.2) is 120 Å². The van der Waals surface area contributed by atoms with Gasteiger partial charge in [0.2, 0.25) is 41.4 Å². The number of carbonyl (C=O) groups is 8. The zero-order valence-corrected chi connectivity index (χ0v) is 50.2. The minimum absolute atomic E-state index is 0.0410. The quantitative estimate of drug-likeness (QED) is 0.0667. The third kappa shape index (κ3) is 14.3. The number of hydrogen-bond donors (Lipinski definition) is 7. The summed E-state index contributed by atoms with van der Waals surface area (Å²) in [5, 5.41) is 21.4. The summed E-state index contributed by atoms with van der Waals surface area (Å²) in [4.78, 5) is 118. The number of likely N-dealkylation sites (tertiary alicyclic amines) is 1. The van der Waals surface area contributed by atoms with Crippen molar-refractivity contribution in [2.75, 3.05) is 25.5 Å². The van der Waals surface area contributed by atoms with E-state index in [1.165, 1.54) is 23.0 Å². The third-order valence-electron chi connectivity index (χ3n) is 17.2. The van der Waals surface area contributed by atoms with Gasteiger partial charge in [-0.3, -0.25) is 38.4 Å². The first kappa shape index (κ1) is 61.6. The molecule has 0 radical (unpaired) electrons. The van der Waals surface area contributed by atoms with Crippen LogP contribution in [0.1, 0.15) is 156 Å². The molecule has 0 spiro atoms. The number of aryl methyl sites for hydroxylation is 2. The average Bonchev–Trinajstić information content (AvgIpc) is 3.31. The lowest BCUT2D eigenvalue weighted by atomic mass is 9.83. The highest BCUT2D eigenvalue weighted by molar-refractivity contribution is 5.97. The summed E-state index contributed by atoms with van der Waals surface area (Å²) in [5.41, 5.74) is 6.31. The molecular weight excluding hydrogens is 1050 g/mol. The van der Waals surface area contributed by atoms with Crippen molar-refractivity contribution >= 4 is 52.9 Å². The molecule has 8 rings (SSSR count). The number of rotatable bonds is 17. The van der Waals surface area contributed by atoms with Crippen LogP contribution in [0, 0.1) is 10.8 Å².